The average Bonchev–Trinajstić information content (AvgIpc) is 2.63. The fraction of sp³-hybridized carbons (Fsp3) is 0.636. The zero-order chi connectivity index (χ0) is 13.2. The molecule has 1 aromatic heterocycles. The maximum Gasteiger partial charge on any atom is 0.304 e. The van der Waals surface area contributed by atoms with Crippen LogP contribution in [0.2, 0.25) is 0 Å². The quantitative estimate of drug-likeness (QED) is 0.651. The van der Waals surface area contributed by atoms with E-state index in [1.54, 1.807) is 6.92 Å². The average molecular weight is 258 g/mol. The Morgan fingerprint density at radius 2 is 2.12 bits per heavy atom. The van der Waals surface area contributed by atoms with Gasteiger partial charge in [0.05, 0.1) is 11.0 Å². The first-order valence-electron chi connectivity index (χ1n) is 5.61. The van der Waals surface area contributed by atoms with Gasteiger partial charge in [0.15, 0.2) is 5.00 Å². The van der Waals surface area contributed by atoms with E-state index in [9.17, 15) is 15.2 Å². The highest BCUT2D eigenvalue weighted by atomic mass is 32.1. The normalized spacial score (nSPS) is 12.8. The van der Waals surface area contributed by atoms with Gasteiger partial charge in [0, 0.05) is 23.5 Å². The second-order valence-electron chi connectivity index (χ2n) is 4.15. The summed E-state index contributed by atoms with van der Waals surface area (Å²) in [7, 11) is 0. The van der Waals surface area contributed by atoms with Gasteiger partial charge in [-0.3, -0.25) is 10.1 Å². The fourth-order valence-electron chi connectivity index (χ4n) is 1.68. The summed E-state index contributed by atoms with van der Waals surface area (Å²) in [6.45, 7) is 8.28. The number of nitro groups is 1. The summed E-state index contributed by atoms with van der Waals surface area (Å²) in [5, 5.41) is 21.1. The molecule has 1 N–H and O–H groups in total. The smallest absolute Gasteiger partial charge is 0.304 e. The summed E-state index contributed by atoms with van der Waals surface area (Å²) in [5.41, 5.74) is 0.0847. The molecule has 5 nitrogen and oxygen atoms in total. The SMILES string of the molecule is CCN(c1sc(C(C)O)cc1[N+](=O)[O-])C(C)C. The minimum absolute atomic E-state index is 0.0847. The van der Waals surface area contributed by atoms with Gasteiger partial charge in [-0.05, 0) is 27.7 Å². The molecule has 0 spiro atoms. The van der Waals surface area contributed by atoms with Crippen LogP contribution in [0, 0.1) is 10.1 Å². The van der Waals surface area contributed by atoms with Gasteiger partial charge in [0.25, 0.3) is 0 Å². The van der Waals surface area contributed by atoms with Crippen LogP contribution in [0.1, 0.15) is 38.7 Å². The molecule has 0 amide bonds. The fourth-order valence-corrected chi connectivity index (χ4v) is 2.94. The lowest BCUT2D eigenvalue weighted by atomic mass is 10.3. The predicted molar refractivity (Wildman–Crippen MR) is 69.8 cm³/mol. The largest absolute Gasteiger partial charge is 0.388 e. The molecule has 0 fully saturated rings. The van der Waals surface area contributed by atoms with Crippen LogP contribution in [-0.4, -0.2) is 22.6 Å². The van der Waals surface area contributed by atoms with Gasteiger partial charge in [0.2, 0.25) is 0 Å². The second kappa shape index (κ2) is 5.46. The molecule has 1 heterocycles. The maximum absolute atomic E-state index is 11.0. The van der Waals surface area contributed by atoms with Crippen molar-refractivity contribution in [3.63, 3.8) is 0 Å². The Bertz CT molecular complexity index is 401. The highest BCUT2D eigenvalue weighted by molar-refractivity contribution is 7.16. The van der Waals surface area contributed by atoms with Crippen molar-refractivity contribution in [1.29, 1.82) is 0 Å². The third-order valence-electron chi connectivity index (χ3n) is 2.55. The molecule has 1 aromatic rings. The minimum Gasteiger partial charge on any atom is -0.388 e. The van der Waals surface area contributed by atoms with Crippen LogP contribution in [-0.2, 0) is 0 Å². The van der Waals surface area contributed by atoms with Crippen molar-refractivity contribution in [3.8, 4) is 0 Å². The van der Waals surface area contributed by atoms with E-state index in [4.69, 9.17) is 0 Å². The molecule has 0 aromatic carbocycles. The van der Waals surface area contributed by atoms with Crippen molar-refractivity contribution in [1.82, 2.24) is 0 Å². The molecule has 6 heteroatoms. The second-order valence-corrected chi connectivity index (χ2v) is 5.21. The third kappa shape index (κ3) is 2.95. The van der Waals surface area contributed by atoms with E-state index in [1.165, 1.54) is 17.4 Å². The summed E-state index contributed by atoms with van der Waals surface area (Å²) in [4.78, 5) is 13.2. The molecule has 0 saturated heterocycles. The number of thiophene rings is 1. The Morgan fingerprint density at radius 1 is 1.53 bits per heavy atom. The van der Waals surface area contributed by atoms with E-state index in [0.717, 1.165) is 0 Å². The molecular weight excluding hydrogens is 240 g/mol. The molecule has 1 rings (SSSR count). The zero-order valence-corrected chi connectivity index (χ0v) is 11.3. The Balaban J connectivity index is 3.24. The van der Waals surface area contributed by atoms with Crippen LogP contribution in [0.4, 0.5) is 10.7 Å². The molecule has 17 heavy (non-hydrogen) atoms. The lowest BCUT2D eigenvalue weighted by Crippen LogP contribution is -2.29. The van der Waals surface area contributed by atoms with E-state index in [2.05, 4.69) is 0 Å². The van der Waals surface area contributed by atoms with Gasteiger partial charge < -0.3 is 10.0 Å². The van der Waals surface area contributed by atoms with E-state index in [-0.39, 0.29) is 16.7 Å². The maximum atomic E-state index is 11.0. The molecule has 96 valence electrons. The number of anilines is 1. The van der Waals surface area contributed by atoms with E-state index in [0.29, 0.717) is 16.4 Å². The number of aliphatic hydroxyl groups excluding tert-OH is 1. The number of nitrogens with zero attached hydrogens (tertiary/aromatic N) is 2. The van der Waals surface area contributed by atoms with Gasteiger partial charge in [-0.2, -0.15) is 0 Å². The topological polar surface area (TPSA) is 66.6 Å². The summed E-state index contributed by atoms with van der Waals surface area (Å²) >= 11 is 1.29. The van der Waals surface area contributed by atoms with Gasteiger partial charge in [-0.1, -0.05) is 0 Å². The molecule has 0 aliphatic carbocycles. The first kappa shape index (κ1) is 13.9. The summed E-state index contributed by atoms with van der Waals surface area (Å²) in [6.07, 6.45) is -0.668. The molecule has 0 bridgehead atoms. The molecular formula is C11H18N2O3S. The van der Waals surface area contributed by atoms with Crippen molar-refractivity contribution >= 4 is 22.0 Å². The number of aliphatic hydroxyl groups is 1. The molecule has 1 unspecified atom stereocenters. The van der Waals surface area contributed by atoms with Crippen molar-refractivity contribution in [3.05, 3.63) is 21.1 Å². The van der Waals surface area contributed by atoms with Crippen LogP contribution in [0.25, 0.3) is 0 Å². The van der Waals surface area contributed by atoms with Crippen molar-refractivity contribution < 1.29 is 10.0 Å². The molecule has 0 saturated carbocycles. The first-order valence-corrected chi connectivity index (χ1v) is 6.42. The van der Waals surface area contributed by atoms with Crippen LogP contribution >= 0.6 is 11.3 Å². The highest BCUT2D eigenvalue weighted by Crippen LogP contribution is 2.40. The van der Waals surface area contributed by atoms with Crippen molar-refractivity contribution in [2.45, 2.75) is 39.8 Å². The van der Waals surface area contributed by atoms with E-state index >= 15 is 0 Å². The lowest BCUT2D eigenvalue weighted by molar-refractivity contribution is -0.383. The summed E-state index contributed by atoms with van der Waals surface area (Å²) in [6, 6.07) is 1.66. The van der Waals surface area contributed by atoms with E-state index < -0.39 is 6.10 Å². The summed E-state index contributed by atoms with van der Waals surface area (Å²) in [5.74, 6) is 0. The minimum atomic E-state index is -0.668. The standard InChI is InChI=1S/C11H18N2O3S/c1-5-12(7(2)3)11-9(13(15)16)6-10(17-11)8(4)14/h6-8,14H,5H2,1-4H3. The van der Waals surface area contributed by atoms with Gasteiger partial charge >= 0.3 is 5.69 Å². The summed E-state index contributed by atoms with van der Waals surface area (Å²) < 4.78 is 0. The third-order valence-corrected chi connectivity index (χ3v) is 3.88. The number of hydrogen-bond donors (Lipinski definition) is 1. The number of hydrogen-bond acceptors (Lipinski definition) is 5. The van der Waals surface area contributed by atoms with Gasteiger partial charge in [-0.15, -0.1) is 11.3 Å². The van der Waals surface area contributed by atoms with Crippen molar-refractivity contribution in [2.24, 2.45) is 0 Å². The Labute approximate surface area is 105 Å². The van der Waals surface area contributed by atoms with Crippen LogP contribution in [0.3, 0.4) is 0 Å². The lowest BCUT2D eigenvalue weighted by Gasteiger charge is -2.24. The van der Waals surface area contributed by atoms with Crippen molar-refractivity contribution in [2.75, 3.05) is 11.4 Å². The van der Waals surface area contributed by atoms with Crippen LogP contribution in [0.5, 0.6) is 0 Å². The van der Waals surface area contributed by atoms with Gasteiger partial charge in [-0.25, -0.2) is 0 Å². The monoisotopic (exact) mass is 258 g/mol. The van der Waals surface area contributed by atoms with Crippen LogP contribution < -0.4 is 4.90 Å². The predicted octanol–water partition coefficient (Wildman–Crippen LogP) is 2.94. The highest BCUT2D eigenvalue weighted by Gasteiger charge is 2.25. The Morgan fingerprint density at radius 3 is 2.47 bits per heavy atom. The van der Waals surface area contributed by atoms with E-state index in [1.807, 2.05) is 25.7 Å². The van der Waals surface area contributed by atoms with Gasteiger partial charge in [0.1, 0.15) is 0 Å². The Kier molecular flexibility index (Phi) is 4.47. The first-order chi connectivity index (χ1) is 7.88. The molecule has 0 aliphatic heterocycles. The number of rotatable bonds is 5. The molecule has 0 aliphatic rings. The van der Waals surface area contributed by atoms with Crippen LogP contribution in [0.15, 0.2) is 6.07 Å². The zero-order valence-electron chi connectivity index (χ0n) is 10.5. The molecule has 0 radical (unpaired) electrons. The molecule has 1 atom stereocenters. The Hall–Kier alpha value is -1.14.